The molecule has 0 bridgehead atoms. The zero-order chi connectivity index (χ0) is 22.1. The van der Waals surface area contributed by atoms with E-state index in [2.05, 4.69) is 5.32 Å². The van der Waals surface area contributed by atoms with Crippen LogP contribution in [-0.4, -0.2) is 38.8 Å². The topological polar surface area (TPSA) is 75.7 Å². The summed E-state index contributed by atoms with van der Waals surface area (Å²) in [5.74, 6) is 0.444. The number of nitrogens with one attached hydrogen (secondary N) is 1. The van der Waals surface area contributed by atoms with Crippen molar-refractivity contribution in [2.75, 3.05) is 25.5 Å². The van der Waals surface area contributed by atoms with Crippen LogP contribution in [0.15, 0.2) is 35.2 Å². The van der Waals surface area contributed by atoms with E-state index in [0.29, 0.717) is 36.5 Å². The van der Waals surface area contributed by atoms with Gasteiger partial charge in [0.2, 0.25) is 15.9 Å². The lowest BCUT2D eigenvalue weighted by Gasteiger charge is -2.31. The maximum atomic E-state index is 13.4. The lowest BCUT2D eigenvalue weighted by molar-refractivity contribution is -0.120. The second-order valence-electron chi connectivity index (χ2n) is 7.99. The highest BCUT2D eigenvalue weighted by molar-refractivity contribution is 7.89. The molecule has 1 N–H and O–H groups in total. The van der Waals surface area contributed by atoms with Crippen LogP contribution in [0.4, 0.5) is 5.69 Å². The Hall–Kier alpha value is -2.38. The van der Waals surface area contributed by atoms with E-state index < -0.39 is 10.0 Å². The second-order valence-corrected chi connectivity index (χ2v) is 9.86. The third-order valence-electron chi connectivity index (χ3n) is 6.08. The monoisotopic (exact) mass is 430 g/mol. The molecule has 0 saturated carbocycles. The molecule has 1 fully saturated rings. The van der Waals surface area contributed by atoms with Gasteiger partial charge in [0.05, 0.1) is 12.0 Å². The third-order valence-corrected chi connectivity index (χ3v) is 8.25. The van der Waals surface area contributed by atoms with Gasteiger partial charge in [0.15, 0.2) is 0 Å². The Morgan fingerprint density at radius 1 is 1.00 bits per heavy atom. The van der Waals surface area contributed by atoms with E-state index in [9.17, 15) is 13.2 Å². The van der Waals surface area contributed by atoms with E-state index in [0.717, 1.165) is 28.0 Å². The molecule has 3 rings (SSSR count). The molecule has 0 spiro atoms. The maximum Gasteiger partial charge on any atom is 0.243 e. The second kappa shape index (κ2) is 8.78. The van der Waals surface area contributed by atoms with Crippen molar-refractivity contribution < 1.29 is 17.9 Å². The third kappa shape index (κ3) is 4.37. The number of amides is 1. The van der Waals surface area contributed by atoms with Gasteiger partial charge in [-0.2, -0.15) is 4.31 Å². The smallest absolute Gasteiger partial charge is 0.243 e. The standard InChI is InChI=1S/C23H30N2O4S/c1-15-14-16(2)18(4)22(17(15)3)30(27,28)25-12-10-19(11-13-25)23(26)24-20-6-8-21(29-5)9-7-20/h6-9,14,19H,10-13H2,1-5H3,(H,24,26). The number of hydrogen-bond acceptors (Lipinski definition) is 4. The van der Waals surface area contributed by atoms with Crippen LogP contribution >= 0.6 is 0 Å². The van der Waals surface area contributed by atoms with Gasteiger partial charge in [-0.3, -0.25) is 4.79 Å². The van der Waals surface area contributed by atoms with Gasteiger partial charge >= 0.3 is 0 Å². The molecule has 1 heterocycles. The number of carbonyl (C=O) groups excluding carboxylic acids is 1. The molecule has 2 aromatic carbocycles. The molecular weight excluding hydrogens is 400 g/mol. The molecule has 0 unspecified atom stereocenters. The first-order chi connectivity index (χ1) is 14.1. The van der Waals surface area contributed by atoms with Crippen LogP contribution in [-0.2, 0) is 14.8 Å². The van der Waals surface area contributed by atoms with Gasteiger partial charge < -0.3 is 10.1 Å². The van der Waals surface area contributed by atoms with Gasteiger partial charge in [0.1, 0.15) is 5.75 Å². The Morgan fingerprint density at radius 2 is 1.53 bits per heavy atom. The maximum absolute atomic E-state index is 13.4. The fourth-order valence-electron chi connectivity index (χ4n) is 3.97. The van der Waals surface area contributed by atoms with E-state index >= 15 is 0 Å². The zero-order valence-electron chi connectivity index (χ0n) is 18.3. The number of piperidine rings is 1. The minimum atomic E-state index is -3.60. The molecule has 6 nitrogen and oxygen atoms in total. The van der Waals surface area contributed by atoms with E-state index in [1.807, 2.05) is 33.8 Å². The number of methoxy groups -OCH3 is 1. The number of ether oxygens (including phenoxy) is 1. The molecule has 1 amide bonds. The number of carbonyl (C=O) groups is 1. The molecular formula is C23H30N2O4S. The first kappa shape index (κ1) is 22.3. The molecule has 1 saturated heterocycles. The predicted octanol–water partition coefficient (Wildman–Crippen LogP) is 3.97. The predicted molar refractivity (Wildman–Crippen MR) is 118 cm³/mol. The summed E-state index contributed by atoms with van der Waals surface area (Å²) in [5, 5.41) is 2.92. The summed E-state index contributed by atoms with van der Waals surface area (Å²) < 4.78 is 33.4. The largest absolute Gasteiger partial charge is 0.497 e. The van der Waals surface area contributed by atoms with Gasteiger partial charge in [-0.15, -0.1) is 0 Å². The van der Waals surface area contributed by atoms with Crippen molar-refractivity contribution in [3.63, 3.8) is 0 Å². The number of nitrogens with zero attached hydrogens (tertiary/aromatic N) is 1. The SMILES string of the molecule is COc1ccc(NC(=O)C2CCN(S(=O)(=O)c3c(C)c(C)cc(C)c3C)CC2)cc1. The van der Waals surface area contributed by atoms with Gasteiger partial charge in [-0.1, -0.05) is 6.07 Å². The minimum Gasteiger partial charge on any atom is -0.497 e. The minimum absolute atomic E-state index is 0.0732. The Bertz CT molecular complexity index is 1010. The number of rotatable bonds is 5. The normalized spacial score (nSPS) is 15.8. The van der Waals surface area contributed by atoms with Crippen molar-refractivity contribution >= 4 is 21.6 Å². The lowest BCUT2D eigenvalue weighted by atomic mass is 9.97. The molecule has 0 aliphatic carbocycles. The zero-order valence-corrected chi connectivity index (χ0v) is 19.1. The van der Waals surface area contributed by atoms with E-state index in [1.54, 1.807) is 31.4 Å². The number of anilines is 1. The molecule has 30 heavy (non-hydrogen) atoms. The van der Waals surface area contributed by atoms with Crippen molar-refractivity contribution in [2.24, 2.45) is 5.92 Å². The van der Waals surface area contributed by atoms with Crippen molar-refractivity contribution in [2.45, 2.75) is 45.4 Å². The van der Waals surface area contributed by atoms with Crippen LogP contribution < -0.4 is 10.1 Å². The van der Waals surface area contributed by atoms with Crippen LogP contribution in [0.2, 0.25) is 0 Å². The van der Waals surface area contributed by atoms with Crippen molar-refractivity contribution in [3.8, 4) is 5.75 Å². The summed E-state index contributed by atoms with van der Waals surface area (Å²) in [6.45, 7) is 8.30. The molecule has 0 atom stereocenters. The van der Waals surface area contributed by atoms with Gasteiger partial charge in [0, 0.05) is 24.7 Å². The number of aryl methyl sites for hydroxylation is 2. The molecule has 162 valence electrons. The van der Waals surface area contributed by atoms with Crippen molar-refractivity contribution in [1.82, 2.24) is 4.31 Å². The van der Waals surface area contributed by atoms with Crippen molar-refractivity contribution in [3.05, 3.63) is 52.6 Å². The summed E-state index contributed by atoms with van der Waals surface area (Å²) in [6.07, 6.45) is 1.01. The van der Waals surface area contributed by atoms with Crippen LogP contribution in [0.25, 0.3) is 0 Å². The van der Waals surface area contributed by atoms with Crippen LogP contribution in [0.5, 0.6) is 5.75 Å². The van der Waals surface area contributed by atoms with Gasteiger partial charge in [-0.05, 0) is 87.1 Å². The molecule has 7 heteroatoms. The Labute approximate surface area is 179 Å². The van der Waals surface area contributed by atoms with Crippen LogP contribution in [0.1, 0.15) is 35.1 Å². The van der Waals surface area contributed by atoms with Gasteiger partial charge in [0.25, 0.3) is 0 Å². The molecule has 0 aromatic heterocycles. The van der Waals surface area contributed by atoms with E-state index in [-0.39, 0.29) is 11.8 Å². The lowest BCUT2D eigenvalue weighted by Crippen LogP contribution is -2.41. The Balaban J connectivity index is 1.69. The fraction of sp³-hybridized carbons (Fsp3) is 0.435. The first-order valence-electron chi connectivity index (χ1n) is 10.2. The number of benzene rings is 2. The van der Waals surface area contributed by atoms with Gasteiger partial charge in [-0.25, -0.2) is 8.42 Å². The highest BCUT2D eigenvalue weighted by Crippen LogP contribution is 2.31. The summed E-state index contributed by atoms with van der Waals surface area (Å²) in [7, 11) is -2.00. The van der Waals surface area contributed by atoms with Crippen LogP contribution in [0.3, 0.4) is 0 Å². The van der Waals surface area contributed by atoms with E-state index in [1.165, 1.54) is 4.31 Å². The van der Waals surface area contributed by atoms with E-state index in [4.69, 9.17) is 4.74 Å². The van der Waals surface area contributed by atoms with Crippen molar-refractivity contribution in [1.29, 1.82) is 0 Å². The summed E-state index contributed by atoms with van der Waals surface area (Å²) in [6, 6.07) is 9.20. The Kier molecular flexibility index (Phi) is 6.53. The highest BCUT2D eigenvalue weighted by atomic mass is 32.2. The molecule has 0 radical (unpaired) electrons. The molecule has 1 aliphatic heterocycles. The average molecular weight is 431 g/mol. The molecule has 1 aliphatic rings. The quantitative estimate of drug-likeness (QED) is 0.779. The summed E-state index contributed by atoms with van der Waals surface area (Å²) >= 11 is 0. The average Bonchev–Trinajstić information content (AvgIpc) is 2.73. The summed E-state index contributed by atoms with van der Waals surface area (Å²) in [4.78, 5) is 13.1. The highest BCUT2D eigenvalue weighted by Gasteiger charge is 2.34. The Morgan fingerprint density at radius 3 is 2.03 bits per heavy atom. The number of sulfonamides is 1. The van der Waals surface area contributed by atoms with Crippen LogP contribution in [0, 0.1) is 33.6 Å². The summed E-state index contributed by atoms with van der Waals surface area (Å²) in [5.41, 5.74) is 4.27. The first-order valence-corrected chi connectivity index (χ1v) is 11.6. The number of hydrogen-bond donors (Lipinski definition) is 1. The molecule has 2 aromatic rings. The fourth-order valence-corrected chi connectivity index (χ4v) is 6.02.